The highest BCUT2D eigenvalue weighted by Gasteiger charge is 2.19. The summed E-state index contributed by atoms with van der Waals surface area (Å²) in [6.07, 6.45) is 9.06. The van der Waals surface area contributed by atoms with Crippen LogP contribution in [-0.2, 0) is 19.4 Å². The number of fused-ring (bicyclic) bond motifs is 1. The number of H-pyrrole nitrogens is 1. The number of aliphatic hydroxyl groups is 1. The smallest absolute Gasteiger partial charge is 0.134 e. The maximum absolute atomic E-state index is 9.65. The minimum absolute atomic E-state index is 0.175. The summed E-state index contributed by atoms with van der Waals surface area (Å²) in [7, 11) is 0. The second kappa shape index (κ2) is 7.39. The zero-order valence-electron chi connectivity index (χ0n) is 14.5. The zero-order valence-corrected chi connectivity index (χ0v) is 14.5. The minimum atomic E-state index is -0.175. The molecule has 0 bridgehead atoms. The number of hydrogen-bond donors (Lipinski definition) is 3. The highest BCUT2D eigenvalue weighted by Crippen LogP contribution is 2.23. The number of piperidine rings is 1. The van der Waals surface area contributed by atoms with Crippen molar-refractivity contribution in [3.8, 4) is 0 Å². The Bertz CT molecular complexity index is 707. The maximum atomic E-state index is 9.65. The molecule has 3 N–H and O–H groups in total. The van der Waals surface area contributed by atoms with Gasteiger partial charge in [0, 0.05) is 24.8 Å². The summed E-state index contributed by atoms with van der Waals surface area (Å²) >= 11 is 0. The van der Waals surface area contributed by atoms with Crippen LogP contribution in [0.2, 0.25) is 0 Å². The van der Waals surface area contributed by atoms with Gasteiger partial charge >= 0.3 is 0 Å². The van der Waals surface area contributed by atoms with Gasteiger partial charge in [0.25, 0.3) is 0 Å². The molecular formula is C18H26N6O. The molecule has 2 aromatic rings. The number of aryl methyl sites for hydroxylation is 1. The molecule has 0 amide bonds. The fourth-order valence-electron chi connectivity index (χ4n) is 3.76. The van der Waals surface area contributed by atoms with Crippen LogP contribution in [0.1, 0.15) is 49.1 Å². The number of rotatable bonds is 4. The van der Waals surface area contributed by atoms with Gasteiger partial charge in [-0.15, -0.1) is 0 Å². The van der Waals surface area contributed by atoms with Crippen LogP contribution in [0.4, 0.5) is 11.6 Å². The van der Waals surface area contributed by atoms with Crippen molar-refractivity contribution in [1.82, 2.24) is 20.2 Å². The van der Waals surface area contributed by atoms with Gasteiger partial charge in [0.1, 0.15) is 18.0 Å². The predicted octanol–water partition coefficient (Wildman–Crippen LogP) is 2.04. The Labute approximate surface area is 147 Å². The van der Waals surface area contributed by atoms with Gasteiger partial charge < -0.3 is 15.3 Å². The van der Waals surface area contributed by atoms with E-state index in [4.69, 9.17) is 0 Å². The number of hydrogen-bond acceptors (Lipinski definition) is 6. The largest absolute Gasteiger partial charge is 0.393 e. The van der Waals surface area contributed by atoms with E-state index in [2.05, 4.69) is 30.4 Å². The summed E-state index contributed by atoms with van der Waals surface area (Å²) in [4.78, 5) is 10.9. The normalized spacial score (nSPS) is 18.7. The van der Waals surface area contributed by atoms with Crippen LogP contribution in [0.15, 0.2) is 12.4 Å². The molecule has 1 fully saturated rings. The lowest BCUT2D eigenvalue weighted by Crippen LogP contribution is -2.36. The molecule has 3 heterocycles. The van der Waals surface area contributed by atoms with Gasteiger partial charge in [-0.2, -0.15) is 5.10 Å². The van der Waals surface area contributed by atoms with E-state index in [1.807, 2.05) is 6.07 Å². The van der Waals surface area contributed by atoms with Crippen molar-refractivity contribution in [3.63, 3.8) is 0 Å². The Kier molecular flexibility index (Phi) is 4.83. The Morgan fingerprint density at radius 1 is 1.16 bits per heavy atom. The van der Waals surface area contributed by atoms with Crippen molar-refractivity contribution in [1.29, 1.82) is 0 Å². The minimum Gasteiger partial charge on any atom is -0.393 e. The number of aliphatic hydroxyl groups excluding tert-OH is 1. The Morgan fingerprint density at radius 2 is 2.00 bits per heavy atom. The standard InChI is InChI=1S/C18H26N6O/c25-13-6-8-24(9-7-13)18-10-17(20-12-21-18)19-11-16-14-4-2-1-3-5-15(14)22-23-16/h10,12-13,25H,1-9,11H2,(H,22,23)(H,19,20,21). The second-order valence-electron chi connectivity index (χ2n) is 7.02. The van der Waals surface area contributed by atoms with Crippen molar-refractivity contribution in [2.75, 3.05) is 23.3 Å². The maximum Gasteiger partial charge on any atom is 0.134 e. The molecule has 0 aromatic carbocycles. The third-order valence-electron chi connectivity index (χ3n) is 5.27. The first-order chi connectivity index (χ1) is 12.3. The molecule has 2 aliphatic rings. The van der Waals surface area contributed by atoms with Gasteiger partial charge in [-0.3, -0.25) is 5.10 Å². The molecule has 0 spiro atoms. The molecule has 0 saturated carbocycles. The SMILES string of the molecule is OC1CCN(c2cc(NCc3n[nH]c4c3CCCCC4)ncn2)CC1. The molecule has 7 nitrogen and oxygen atoms in total. The van der Waals surface area contributed by atoms with Crippen LogP contribution < -0.4 is 10.2 Å². The summed E-state index contributed by atoms with van der Waals surface area (Å²) in [5.41, 5.74) is 3.81. The van der Waals surface area contributed by atoms with Gasteiger partial charge in [0.2, 0.25) is 0 Å². The van der Waals surface area contributed by atoms with Crippen molar-refractivity contribution in [3.05, 3.63) is 29.3 Å². The van der Waals surface area contributed by atoms with Crippen LogP contribution in [0, 0.1) is 0 Å². The van der Waals surface area contributed by atoms with Gasteiger partial charge in [0.15, 0.2) is 0 Å². The first kappa shape index (κ1) is 16.3. The average Bonchev–Trinajstić information content (AvgIpc) is 2.87. The lowest BCUT2D eigenvalue weighted by molar-refractivity contribution is 0.145. The van der Waals surface area contributed by atoms with Crippen LogP contribution >= 0.6 is 0 Å². The molecule has 4 rings (SSSR count). The molecule has 134 valence electrons. The van der Waals surface area contributed by atoms with E-state index in [1.54, 1.807) is 6.33 Å². The number of anilines is 2. The lowest BCUT2D eigenvalue weighted by atomic mass is 10.1. The fraction of sp³-hybridized carbons (Fsp3) is 0.611. The molecule has 0 atom stereocenters. The number of nitrogens with one attached hydrogen (secondary N) is 2. The summed E-state index contributed by atoms with van der Waals surface area (Å²) < 4.78 is 0. The molecule has 25 heavy (non-hydrogen) atoms. The quantitative estimate of drug-likeness (QED) is 0.737. The molecule has 1 aliphatic carbocycles. The van der Waals surface area contributed by atoms with E-state index in [1.165, 1.54) is 30.5 Å². The second-order valence-corrected chi connectivity index (χ2v) is 7.02. The Morgan fingerprint density at radius 3 is 2.88 bits per heavy atom. The van der Waals surface area contributed by atoms with E-state index in [9.17, 15) is 5.11 Å². The van der Waals surface area contributed by atoms with Crippen LogP contribution in [0.5, 0.6) is 0 Å². The third-order valence-corrected chi connectivity index (χ3v) is 5.27. The summed E-state index contributed by atoms with van der Waals surface area (Å²) in [5.74, 6) is 1.74. The molecule has 7 heteroatoms. The number of aromatic nitrogens is 4. The van der Waals surface area contributed by atoms with Gasteiger partial charge in [-0.25, -0.2) is 9.97 Å². The number of nitrogens with zero attached hydrogens (tertiary/aromatic N) is 4. The van der Waals surface area contributed by atoms with Crippen LogP contribution in [0.3, 0.4) is 0 Å². The monoisotopic (exact) mass is 342 g/mol. The van der Waals surface area contributed by atoms with E-state index in [0.29, 0.717) is 6.54 Å². The molecule has 0 unspecified atom stereocenters. The van der Waals surface area contributed by atoms with E-state index in [-0.39, 0.29) is 6.10 Å². The lowest BCUT2D eigenvalue weighted by Gasteiger charge is -2.30. The summed E-state index contributed by atoms with van der Waals surface area (Å²) in [6.45, 7) is 2.36. The van der Waals surface area contributed by atoms with Crippen molar-refractivity contribution < 1.29 is 5.11 Å². The number of aromatic amines is 1. The molecule has 0 radical (unpaired) electrons. The van der Waals surface area contributed by atoms with E-state index >= 15 is 0 Å². The Hall–Kier alpha value is -2.15. The summed E-state index contributed by atoms with van der Waals surface area (Å²) in [5, 5.41) is 20.8. The zero-order chi connectivity index (χ0) is 17.1. The van der Waals surface area contributed by atoms with Gasteiger partial charge in [-0.1, -0.05) is 6.42 Å². The fourth-order valence-corrected chi connectivity index (χ4v) is 3.76. The third kappa shape index (κ3) is 3.76. The van der Waals surface area contributed by atoms with Gasteiger partial charge in [0.05, 0.1) is 18.3 Å². The predicted molar refractivity (Wildman–Crippen MR) is 96.7 cm³/mol. The molecular weight excluding hydrogens is 316 g/mol. The first-order valence-corrected chi connectivity index (χ1v) is 9.33. The summed E-state index contributed by atoms with van der Waals surface area (Å²) in [6, 6.07) is 1.99. The van der Waals surface area contributed by atoms with E-state index in [0.717, 1.165) is 56.1 Å². The van der Waals surface area contributed by atoms with E-state index < -0.39 is 0 Å². The first-order valence-electron chi connectivity index (χ1n) is 9.33. The highest BCUT2D eigenvalue weighted by molar-refractivity contribution is 5.49. The Balaban J connectivity index is 1.42. The topological polar surface area (TPSA) is 90.0 Å². The van der Waals surface area contributed by atoms with Crippen molar-refractivity contribution in [2.45, 2.75) is 57.6 Å². The van der Waals surface area contributed by atoms with Crippen molar-refractivity contribution >= 4 is 11.6 Å². The van der Waals surface area contributed by atoms with Gasteiger partial charge in [-0.05, 0) is 44.1 Å². The van der Waals surface area contributed by atoms with Crippen LogP contribution in [-0.4, -0.2) is 44.5 Å². The molecule has 1 aliphatic heterocycles. The van der Waals surface area contributed by atoms with Crippen molar-refractivity contribution in [2.24, 2.45) is 0 Å². The molecule has 1 saturated heterocycles. The van der Waals surface area contributed by atoms with Crippen LogP contribution in [0.25, 0.3) is 0 Å². The average molecular weight is 342 g/mol. The molecule has 2 aromatic heterocycles. The highest BCUT2D eigenvalue weighted by atomic mass is 16.3.